The number of phenolic OH excluding ortho intramolecular Hbond substituents is 2. The number of aromatic hydroxyl groups is 2. The lowest BCUT2D eigenvalue weighted by atomic mass is 9.97. The maximum Gasteiger partial charge on any atom is 0.342 e. The van der Waals surface area contributed by atoms with Crippen LogP contribution in [0.3, 0.4) is 0 Å². The van der Waals surface area contributed by atoms with Crippen LogP contribution in [0.25, 0.3) is 0 Å². The monoisotopic (exact) mass is 310 g/mol. The molecule has 0 saturated carbocycles. The molecule has 0 aliphatic carbocycles. The molecule has 1 aromatic rings. The highest BCUT2D eigenvalue weighted by molar-refractivity contribution is 5.94. The van der Waals surface area contributed by atoms with Crippen LogP contribution in [-0.4, -0.2) is 44.7 Å². The molecule has 1 heterocycles. The molecule has 1 aliphatic rings. The van der Waals surface area contributed by atoms with E-state index in [9.17, 15) is 25.2 Å². The minimum absolute atomic E-state index is 0.00640. The predicted octanol–water partition coefficient (Wildman–Crippen LogP) is 1.48. The van der Waals surface area contributed by atoms with Crippen molar-refractivity contribution in [2.24, 2.45) is 0 Å². The highest BCUT2D eigenvalue weighted by Gasteiger charge is 2.28. The third-order valence-corrected chi connectivity index (χ3v) is 4.00. The van der Waals surface area contributed by atoms with Crippen molar-refractivity contribution in [1.82, 2.24) is 0 Å². The van der Waals surface area contributed by atoms with E-state index in [1.165, 1.54) is 13.0 Å². The van der Waals surface area contributed by atoms with Gasteiger partial charge in [0.15, 0.2) is 0 Å². The number of aryl methyl sites for hydroxylation is 1. The largest absolute Gasteiger partial charge is 0.508 e. The molecule has 1 aliphatic heterocycles. The SMILES string of the molecule is CC1OC(=O)c2c(O)cc(O)cc2CCCCCC(O)C1O. The third kappa shape index (κ3) is 3.69. The van der Waals surface area contributed by atoms with E-state index in [4.69, 9.17) is 4.74 Å². The Hall–Kier alpha value is -1.79. The van der Waals surface area contributed by atoms with Gasteiger partial charge in [0.05, 0.1) is 6.10 Å². The molecule has 0 saturated heterocycles. The summed E-state index contributed by atoms with van der Waals surface area (Å²) in [6.07, 6.45) is 0.203. The summed E-state index contributed by atoms with van der Waals surface area (Å²) in [4.78, 5) is 12.3. The molecule has 122 valence electrons. The lowest BCUT2D eigenvalue weighted by Gasteiger charge is -2.25. The number of hydrogen-bond donors (Lipinski definition) is 4. The van der Waals surface area contributed by atoms with E-state index in [1.54, 1.807) is 0 Å². The number of hydrogen-bond acceptors (Lipinski definition) is 6. The van der Waals surface area contributed by atoms with Crippen LogP contribution in [0.1, 0.15) is 48.5 Å². The predicted molar refractivity (Wildman–Crippen MR) is 78.8 cm³/mol. The second kappa shape index (κ2) is 6.98. The molecule has 2 rings (SSSR count). The van der Waals surface area contributed by atoms with Crippen LogP contribution >= 0.6 is 0 Å². The van der Waals surface area contributed by atoms with Gasteiger partial charge in [-0.3, -0.25) is 0 Å². The van der Waals surface area contributed by atoms with Gasteiger partial charge < -0.3 is 25.2 Å². The van der Waals surface area contributed by atoms with Crippen LogP contribution in [-0.2, 0) is 11.2 Å². The lowest BCUT2D eigenvalue weighted by molar-refractivity contribution is -0.0661. The summed E-state index contributed by atoms with van der Waals surface area (Å²) in [7, 11) is 0. The summed E-state index contributed by atoms with van der Waals surface area (Å²) in [6.45, 7) is 1.49. The molecule has 6 heteroatoms. The summed E-state index contributed by atoms with van der Waals surface area (Å²) in [6, 6.07) is 2.53. The Kier molecular flexibility index (Phi) is 5.26. The summed E-state index contributed by atoms with van der Waals surface area (Å²) in [5.74, 6) is -1.23. The molecular weight excluding hydrogens is 288 g/mol. The summed E-state index contributed by atoms with van der Waals surface area (Å²) in [5, 5.41) is 39.4. The van der Waals surface area contributed by atoms with Gasteiger partial charge in [-0.05, 0) is 37.8 Å². The van der Waals surface area contributed by atoms with Crippen molar-refractivity contribution in [2.75, 3.05) is 0 Å². The van der Waals surface area contributed by atoms with Crippen molar-refractivity contribution in [1.29, 1.82) is 0 Å². The molecule has 3 unspecified atom stereocenters. The zero-order valence-corrected chi connectivity index (χ0v) is 12.5. The van der Waals surface area contributed by atoms with Gasteiger partial charge >= 0.3 is 5.97 Å². The minimum atomic E-state index is -1.17. The Morgan fingerprint density at radius 1 is 1.14 bits per heavy atom. The number of carbonyl (C=O) groups excluding carboxylic acids is 1. The van der Waals surface area contributed by atoms with Crippen molar-refractivity contribution < 1.29 is 30.0 Å². The molecule has 0 bridgehead atoms. The molecule has 0 amide bonds. The fourth-order valence-electron chi connectivity index (χ4n) is 2.73. The number of esters is 1. The molecule has 4 N–H and O–H groups in total. The zero-order chi connectivity index (χ0) is 16.3. The van der Waals surface area contributed by atoms with E-state index in [0.29, 0.717) is 18.4 Å². The highest BCUT2D eigenvalue weighted by Crippen LogP contribution is 2.30. The number of fused-ring (bicyclic) bond motifs is 1. The molecule has 1 aromatic carbocycles. The molecule has 3 atom stereocenters. The Balaban J connectivity index is 2.34. The zero-order valence-electron chi connectivity index (χ0n) is 12.5. The average Bonchev–Trinajstić information content (AvgIpc) is 2.43. The van der Waals surface area contributed by atoms with Gasteiger partial charge in [0, 0.05) is 6.07 Å². The number of phenols is 2. The van der Waals surface area contributed by atoms with Gasteiger partial charge in [0.1, 0.15) is 29.3 Å². The van der Waals surface area contributed by atoms with Crippen molar-refractivity contribution >= 4 is 5.97 Å². The van der Waals surface area contributed by atoms with Gasteiger partial charge in [-0.15, -0.1) is 0 Å². The standard InChI is InChI=1S/C16H22O6/c1-9-15(20)12(18)6-4-2-3-5-10-7-11(17)8-13(19)14(10)16(21)22-9/h7-9,12,15,17-20H,2-6H2,1H3. The Bertz CT molecular complexity index is 542. The second-order valence-corrected chi connectivity index (χ2v) is 5.77. The van der Waals surface area contributed by atoms with Crippen LogP contribution in [0, 0.1) is 0 Å². The number of rotatable bonds is 0. The van der Waals surface area contributed by atoms with Crippen LogP contribution in [0.15, 0.2) is 12.1 Å². The fourth-order valence-corrected chi connectivity index (χ4v) is 2.73. The van der Waals surface area contributed by atoms with Crippen molar-refractivity contribution in [3.63, 3.8) is 0 Å². The Morgan fingerprint density at radius 2 is 1.86 bits per heavy atom. The summed E-state index contributed by atoms with van der Waals surface area (Å²) >= 11 is 0. The summed E-state index contributed by atoms with van der Waals surface area (Å²) < 4.78 is 5.16. The van der Waals surface area contributed by atoms with Gasteiger partial charge in [0.25, 0.3) is 0 Å². The molecular formula is C16H22O6. The molecule has 0 radical (unpaired) electrons. The number of cyclic esters (lactones) is 1. The van der Waals surface area contributed by atoms with Crippen molar-refractivity contribution in [3.05, 3.63) is 23.3 Å². The first-order chi connectivity index (χ1) is 10.4. The first-order valence-electron chi connectivity index (χ1n) is 7.52. The fraction of sp³-hybridized carbons (Fsp3) is 0.562. The van der Waals surface area contributed by atoms with Crippen LogP contribution in [0.2, 0.25) is 0 Å². The lowest BCUT2D eigenvalue weighted by Crippen LogP contribution is -2.38. The van der Waals surface area contributed by atoms with E-state index in [1.807, 2.05) is 0 Å². The molecule has 22 heavy (non-hydrogen) atoms. The highest BCUT2D eigenvalue weighted by atomic mass is 16.6. The smallest absolute Gasteiger partial charge is 0.342 e. The molecule has 0 fully saturated rings. The van der Waals surface area contributed by atoms with Crippen molar-refractivity contribution in [3.8, 4) is 11.5 Å². The van der Waals surface area contributed by atoms with Gasteiger partial charge in [-0.1, -0.05) is 12.8 Å². The number of aliphatic hydroxyl groups excluding tert-OH is 2. The van der Waals surface area contributed by atoms with Gasteiger partial charge in [-0.2, -0.15) is 0 Å². The normalized spacial score (nSPS) is 27.2. The average molecular weight is 310 g/mol. The van der Waals surface area contributed by atoms with E-state index < -0.39 is 24.3 Å². The quantitative estimate of drug-likeness (QED) is 0.541. The van der Waals surface area contributed by atoms with Crippen LogP contribution in [0.5, 0.6) is 11.5 Å². The maximum atomic E-state index is 12.3. The van der Waals surface area contributed by atoms with Gasteiger partial charge in [0.2, 0.25) is 0 Å². The first kappa shape index (κ1) is 16.6. The van der Waals surface area contributed by atoms with Crippen LogP contribution in [0.4, 0.5) is 0 Å². The maximum absolute atomic E-state index is 12.3. The van der Waals surface area contributed by atoms with Crippen molar-refractivity contribution in [2.45, 2.75) is 57.3 Å². The molecule has 6 nitrogen and oxygen atoms in total. The van der Waals surface area contributed by atoms with E-state index in [0.717, 1.165) is 25.3 Å². The van der Waals surface area contributed by atoms with Gasteiger partial charge in [-0.25, -0.2) is 4.79 Å². The van der Waals surface area contributed by atoms with Crippen LogP contribution < -0.4 is 0 Å². The number of aliphatic hydroxyl groups is 2. The minimum Gasteiger partial charge on any atom is -0.508 e. The Labute approximate surface area is 129 Å². The topological polar surface area (TPSA) is 107 Å². The third-order valence-electron chi connectivity index (χ3n) is 4.00. The van der Waals surface area contributed by atoms with E-state index >= 15 is 0 Å². The van der Waals surface area contributed by atoms with E-state index in [-0.39, 0.29) is 17.1 Å². The second-order valence-electron chi connectivity index (χ2n) is 5.77. The number of benzene rings is 1. The molecule has 0 aromatic heterocycles. The summed E-state index contributed by atoms with van der Waals surface area (Å²) in [5.41, 5.74) is 0.525. The first-order valence-corrected chi connectivity index (χ1v) is 7.52. The molecule has 0 spiro atoms. The van der Waals surface area contributed by atoms with E-state index in [2.05, 4.69) is 0 Å². The number of ether oxygens (including phenoxy) is 1. The number of carbonyl (C=O) groups is 1. The Morgan fingerprint density at radius 3 is 2.59 bits per heavy atom.